The molecule has 0 aromatic heterocycles. The van der Waals surface area contributed by atoms with Crippen molar-refractivity contribution in [3.05, 3.63) is 59.7 Å². The second-order valence-electron chi connectivity index (χ2n) is 13.5. The second-order valence-corrected chi connectivity index (χ2v) is 13.5. The summed E-state index contributed by atoms with van der Waals surface area (Å²) in [4.78, 5) is 14.0. The summed E-state index contributed by atoms with van der Waals surface area (Å²) in [7, 11) is 0. The molecule has 0 spiro atoms. The van der Waals surface area contributed by atoms with Crippen LogP contribution in [0.4, 0.5) is 0 Å². The van der Waals surface area contributed by atoms with E-state index in [4.69, 9.17) is 21.7 Å². The highest BCUT2D eigenvalue weighted by Crippen LogP contribution is 2.21. The first-order valence-corrected chi connectivity index (χ1v) is 18.1. The smallest absolute Gasteiger partial charge is 0.236 e. The van der Waals surface area contributed by atoms with Crippen molar-refractivity contribution in [3.8, 4) is 11.1 Å². The Balaban J connectivity index is 1.80. The zero-order valence-corrected chi connectivity index (χ0v) is 29.9. The van der Waals surface area contributed by atoms with Gasteiger partial charge in [0.25, 0.3) is 0 Å². The number of aliphatic hydroxyl groups excluding tert-OH is 10. The quantitative estimate of drug-likeness (QED) is 0.0417. The van der Waals surface area contributed by atoms with Crippen LogP contribution in [0.15, 0.2) is 48.5 Å². The number of carbonyl (C=O) groups is 1. The third-order valence-corrected chi connectivity index (χ3v) is 9.22. The van der Waals surface area contributed by atoms with E-state index < -0.39 is 68.1 Å². The van der Waals surface area contributed by atoms with Crippen LogP contribution in [0.1, 0.15) is 49.7 Å². The monoisotopic (exact) mass is 738 g/mol. The molecule has 2 rings (SSSR count). The Morgan fingerprint density at radius 1 is 0.615 bits per heavy atom. The van der Waals surface area contributed by atoms with Crippen LogP contribution in [-0.2, 0) is 17.6 Å². The summed E-state index contributed by atoms with van der Waals surface area (Å²) in [6.45, 7) is -1.14. The van der Waals surface area contributed by atoms with Gasteiger partial charge >= 0.3 is 0 Å². The molecule has 0 saturated carbocycles. The molecule has 296 valence electrons. The van der Waals surface area contributed by atoms with Crippen LogP contribution in [0.25, 0.3) is 11.1 Å². The van der Waals surface area contributed by atoms with Crippen molar-refractivity contribution in [2.45, 2.75) is 106 Å². The molecular formula is C37H62N4O11. The minimum atomic E-state index is -1.87. The van der Waals surface area contributed by atoms with Gasteiger partial charge in [-0.15, -0.1) is 0 Å². The van der Waals surface area contributed by atoms with E-state index in [1.165, 1.54) is 10.5 Å². The van der Waals surface area contributed by atoms with Gasteiger partial charge in [-0.2, -0.15) is 0 Å². The summed E-state index contributed by atoms with van der Waals surface area (Å²) >= 11 is 0. The maximum Gasteiger partial charge on any atom is 0.236 e. The van der Waals surface area contributed by atoms with Crippen LogP contribution in [0.5, 0.6) is 0 Å². The maximum atomic E-state index is 12.6. The van der Waals surface area contributed by atoms with Crippen molar-refractivity contribution in [1.29, 1.82) is 0 Å². The fourth-order valence-electron chi connectivity index (χ4n) is 5.80. The van der Waals surface area contributed by atoms with Crippen molar-refractivity contribution in [2.75, 3.05) is 45.9 Å². The number of carbonyl (C=O) groups excluding carboxylic acids is 1. The predicted octanol–water partition coefficient (Wildman–Crippen LogP) is -2.64. The molecule has 0 saturated heterocycles. The fraction of sp³-hybridized carbons (Fsp3) is 0.649. The van der Waals surface area contributed by atoms with Gasteiger partial charge in [0.15, 0.2) is 0 Å². The molecule has 0 radical (unpaired) electrons. The zero-order chi connectivity index (χ0) is 38.6. The molecule has 0 aliphatic rings. The summed E-state index contributed by atoms with van der Waals surface area (Å²) in [6, 6.07) is 16.2. The molecule has 15 N–H and O–H groups in total. The number of hydrogen-bond acceptors (Lipinski definition) is 14. The molecule has 2 aromatic rings. The first-order valence-electron chi connectivity index (χ1n) is 18.1. The molecule has 0 unspecified atom stereocenters. The van der Waals surface area contributed by atoms with E-state index in [-0.39, 0.29) is 25.5 Å². The molecule has 1 amide bonds. The van der Waals surface area contributed by atoms with Gasteiger partial charge < -0.3 is 67.8 Å². The van der Waals surface area contributed by atoms with Gasteiger partial charge in [0.1, 0.15) is 36.6 Å². The lowest BCUT2D eigenvalue weighted by molar-refractivity contribution is -0.130. The largest absolute Gasteiger partial charge is 0.394 e. The van der Waals surface area contributed by atoms with Crippen LogP contribution < -0.4 is 16.8 Å². The van der Waals surface area contributed by atoms with Crippen molar-refractivity contribution in [2.24, 2.45) is 11.5 Å². The fourth-order valence-corrected chi connectivity index (χ4v) is 5.80. The summed E-state index contributed by atoms with van der Waals surface area (Å²) < 4.78 is 0. The van der Waals surface area contributed by atoms with Gasteiger partial charge in [0.05, 0.1) is 31.5 Å². The van der Waals surface area contributed by atoms with Crippen molar-refractivity contribution < 1.29 is 55.9 Å². The Morgan fingerprint density at radius 3 is 1.50 bits per heavy atom. The number of benzene rings is 2. The third kappa shape index (κ3) is 15.8. The number of aryl methyl sites for hydroxylation is 2. The molecule has 0 aliphatic carbocycles. The van der Waals surface area contributed by atoms with Crippen LogP contribution in [0.3, 0.4) is 0 Å². The van der Waals surface area contributed by atoms with E-state index in [2.05, 4.69) is 53.8 Å². The highest BCUT2D eigenvalue weighted by Gasteiger charge is 2.34. The Hall–Kier alpha value is -2.61. The Bertz CT molecular complexity index is 1210. The minimum absolute atomic E-state index is 0.151. The number of aliphatic hydroxyl groups is 10. The lowest BCUT2D eigenvalue weighted by atomic mass is 9.99. The second kappa shape index (κ2) is 24.7. The van der Waals surface area contributed by atoms with Gasteiger partial charge in [-0.05, 0) is 80.3 Å². The van der Waals surface area contributed by atoms with Crippen LogP contribution in [0, 0.1) is 0 Å². The zero-order valence-electron chi connectivity index (χ0n) is 29.9. The maximum absolute atomic E-state index is 12.6. The molecule has 0 heterocycles. The van der Waals surface area contributed by atoms with Gasteiger partial charge in [-0.1, -0.05) is 55.0 Å². The molecule has 0 fully saturated rings. The summed E-state index contributed by atoms with van der Waals surface area (Å²) in [5, 5.41) is 102. The SMILES string of the molecule is NCCCCc1ccc(-c2ccc(CCCNC(=O)[C@@H](N)CCCCN(C[C@H](O)[C@@H](O)[C@H](O)[C@H](O)CO)C[C@H](O)[C@@H](O)[C@H](O)[C@H](O)CO)cc2)cc1. The summed E-state index contributed by atoms with van der Waals surface area (Å²) in [6.07, 6.45) is -8.45. The van der Waals surface area contributed by atoms with Gasteiger partial charge in [0.2, 0.25) is 5.91 Å². The number of nitrogens with zero attached hydrogens (tertiary/aromatic N) is 1. The van der Waals surface area contributed by atoms with E-state index in [1.807, 2.05) is 0 Å². The number of hydrogen-bond donors (Lipinski definition) is 13. The van der Waals surface area contributed by atoms with Crippen LogP contribution in [0.2, 0.25) is 0 Å². The standard InChI is InChI=1S/C37H62N4O11/c38-17-3-1-6-24-9-13-26(14-10-24)27-15-11-25(12-16-27)7-5-18-40-37(52)28(39)8-2-4-19-41(20-29(44)33(48)35(50)31(46)22-42)21-30(45)34(49)36(51)32(47)23-43/h9-16,28-36,42-51H,1-8,17-23,38-39H2,(H,40,52)/t28-,29-,30-,31+,32+,33+,34+,35+,36+/m0/s1. The molecule has 9 atom stereocenters. The normalized spacial score (nSPS) is 17.2. The van der Waals surface area contributed by atoms with E-state index in [0.717, 1.165) is 48.8 Å². The first-order chi connectivity index (χ1) is 24.8. The van der Waals surface area contributed by atoms with Gasteiger partial charge in [-0.25, -0.2) is 0 Å². The van der Waals surface area contributed by atoms with E-state index in [1.54, 1.807) is 0 Å². The molecule has 2 aromatic carbocycles. The molecule has 15 heteroatoms. The van der Waals surface area contributed by atoms with E-state index >= 15 is 0 Å². The minimum Gasteiger partial charge on any atom is -0.394 e. The van der Waals surface area contributed by atoms with Crippen molar-refractivity contribution in [3.63, 3.8) is 0 Å². The number of nitrogens with one attached hydrogen (secondary N) is 1. The number of nitrogens with two attached hydrogens (primary N) is 2. The highest BCUT2D eigenvalue weighted by atomic mass is 16.4. The first kappa shape index (κ1) is 45.5. The average Bonchev–Trinajstić information content (AvgIpc) is 3.16. The number of amides is 1. The van der Waals surface area contributed by atoms with Crippen LogP contribution in [-0.4, -0.2) is 163 Å². The number of unbranched alkanes of at least 4 members (excludes halogenated alkanes) is 2. The molecule has 0 aliphatic heterocycles. The molecule has 52 heavy (non-hydrogen) atoms. The Kier molecular flexibility index (Phi) is 21.6. The lowest BCUT2D eigenvalue weighted by Crippen LogP contribution is -2.53. The van der Waals surface area contributed by atoms with E-state index in [0.29, 0.717) is 32.4 Å². The Labute approximate surface area is 306 Å². The summed E-state index contributed by atoms with van der Waals surface area (Å²) in [5.74, 6) is -0.302. The van der Waals surface area contributed by atoms with Crippen LogP contribution >= 0.6 is 0 Å². The van der Waals surface area contributed by atoms with Gasteiger partial charge in [0, 0.05) is 19.6 Å². The van der Waals surface area contributed by atoms with Crippen molar-refractivity contribution >= 4 is 5.91 Å². The van der Waals surface area contributed by atoms with Crippen molar-refractivity contribution in [1.82, 2.24) is 10.2 Å². The molecule has 15 nitrogen and oxygen atoms in total. The topological polar surface area (TPSA) is 287 Å². The third-order valence-electron chi connectivity index (χ3n) is 9.22. The lowest BCUT2D eigenvalue weighted by Gasteiger charge is -2.33. The molecular weight excluding hydrogens is 676 g/mol. The van der Waals surface area contributed by atoms with Gasteiger partial charge in [-0.3, -0.25) is 9.69 Å². The average molecular weight is 739 g/mol. The van der Waals surface area contributed by atoms with E-state index in [9.17, 15) is 45.6 Å². The molecule has 0 bridgehead atoms. The number of rotatable bonds is 27. The summed E-state index contributed by atoms with van der Waals surface area (Å²) in [5.41, 5.74) is 16.4. The predicted molar refractivity (Wildman–Crippen MR) is 196 cm³/mol. The Morgan fingerprint density at radius 2 is 1.06 bits per heavy atom. The highest BCUT2D eigenvalue weighted by molar-refractivity contribution is 5.81.